The van der Waals surface area contributed by atoms with Crippen LogP contribution in [0, 0.1) is 5.92 Å². The van der Waals surface area contributed by atoms with Crippen LogP contribution in [0.5, 0.6) is 17.2 Å². The molecule has 2 heterocycles. The van der Waals surface area contributed by atoms with E-state index in [0.29, 0.717) is 19.3 Å². The van der Waals surface area contributed by atoms with Crippen LogP contribution in [-0.2, 0) is 6.42 Å². The second-order valence-corrected chi connectivity index (χ2v) is 7.21. The van der Waals surface area contributed by atoms with Crippen LogP contribution in [0.25, 0.3) is 0 Å². The number of urea groups is 1. The quantitative estimate of drug-likeness (QED) is 0.838. The van der Waals surface area contributed by atoms with Crippen molar-refractivity contribution in [2.75, 3.05) is 31.8 Å². The monoisotopic (exact) mass is 382 g/mol. The van der Waals surface area contributed by atoms with Crippen LogP contribution in [0.1, 0.15) is 25.3 Å². The van der Waals surface area contributed by atoms with Crippen LogP contribution in [0.3, 0.4) is 0 Å². The second-order valence-electron chi connectivity index (χ2n) is 7.21. The molecular formula is C22H26N2O4. The fourth-order valence-electron chi connectivity index (χ4n) is 3.75. The Morgan fingerprint density at radius 3 is 2.61 bits per heavy atom. The summed E-state index contributed by atoms with van der Waals surface area (Å²) in [6, 6.07) is 13.6. The second kappa shape index (κ2) is 8.42. The number of piperidine rings is 1. The first-order valence-electron chi connectivity index (χ1n) is 9.88. The highest BCUT2D eigenvalue weighted by Crippen LogP contribution is 2.34. The highest BCUT2D eigenvalue weighted by Gasteiger charge is 2.24. The molecule has 1 fully saturated rings. The number of fused-ring (bicyclic) bond motifs is 1. The average molecular weight is 382 g/mol. The number of nitrogens with zero attached hydrogens (tertiary/aromatic N) is 1. The van der Waals surface area contributed by atoms with Gasteiger partial charge in [0.25, 0.3) is 0 Å². The molecule has 0 atom stereocenters. The summed E-state index contributed by atoms with van der Waals surface area (Å²) in [6.45, 7) is 4.44. The number of rotatable bonds is 5. The molecule has 1 N–H and O–H groups in total. The summed E-state index contributed by atoms with van der Waals surface area (Å²) < 4.78 is 16.3. The molecule has 0 saturated carbocycles. The van der Waals surface area contributed by atoms with Crippen molar-refractivity contribution in [1.29, 1.82) is 0 Å². The van der Waals surface area contributed by atoms with E-state index in [9.17, 15) is 4.79 Å². The molecule has 4 rings (SSSR count). The molecule has 2 aromatic carbocycles. The van der Waals surface area contributed by atoms with Crippen molar-refractivity contribution in [1.82, 2.24) is 4.90 Å². The molecule has 2 amide bonds. The predicted octanol–water partition coefficient (Wildman–Crippen LogP) is 4.30. The molecule has 6 heteroatoms. The zero-order valence-corrected chi connectivity index (χ0v) is 16.1. The molecule has 0 aromatic heterocycles. The zero-order valence-electron chi connectivity index (χ0n) is 16.1. The Bertz CT molecular complexity index is 814. The molecule has 0 spiro atoms. The third-order valence-corrected chi connectivity index (χ3v) is 5.28. The lowest BCUT2D eigenvalue weighted by Gasteiger charge is -2.32. The average Bonchev–Trinajstić information content (AvgIpc) is 3.18. The summed E-state index contributed by atoms with van der Waals surface area (Å²) in [5, 5.41) is 2.97. The maximum Gasteiger partial charge on any atom is 0.321 e. The summed E-state index contributed by atoms with van der Waals surface area (Å²) in [5.74, 6) is 3.05. The molecule has 148 valence electrons. The normalized spacial score (nSPS) is 16.1. The van der Waals surface area contributed by atoms with Crippen LogP contribution in [-0.4, -0.2) is 37.4 Å². The van der Waals surface area contributed by atoms with E-state index < -0.39 is 0 Å². The molecule has 0 bridgehead atoms. The fourth-order valence-corrected chi connectivity index (χ4v) is 3.75. The maximum absolute atomic E-state index is 12.5. The van der Waals surface area contributed by atoms with E-state index in [1.165, 1.54) is 5.56 Å². The van der Waals surface area contributed by atoms with Crippen LogP contribution in [0.15, 0.2) is 42.5 Å². The lowest BCUT2D eigenvalue weighted by atomic mass is 9.90. The van der Waals surface area contributed by atoms with Gasteiger partial charge in [-0.2, -0.15) is 0 Å². The van der Waals surface area contributed by atoms with Crippen molar-refractivity contribution in [3.63, 3.8) is 0 Å². The summed E-state index contributed by atoms with van der Waals surface area (Å²) in [5.41, 5.74) is 2.05. The smallest absolute Gasteiger partial charge is 0.321 e. The molecule has 1 saturated heterocycles. The molecule has 0 aliphatic carbocycles. The Morgan fingerprint density at radius 2 is 1.86 bits per heavy atom. The number of nitrogens with one attached hydrogen (secondary N) is 1. The molecular weight excluding hydrogens is 356 g/mol. The SMILES string of the molecule is CCOc1ccc(NC(=O)N2CCC(Cc3ccc4c(c3)OCO4)CC2)cc1. The molecule has 2 aliphatic heterocycles. The van der Waals surface area contributed by atoms with Gasteiger partial charge in [-0.05, 0) is 74.1 Å². The number of hydrogen-bond acceptors (Lipinski definition) is 4. The van der Waals surface area contributed by atoms with Crippen molar-refractivity contribution >= 4 is 11.7 Å². The summed E-state index contributed by atoms with van der Waals surface area (Å²) in [4.78, 5) is 14.4. The first-order valence-corrected chi connectivity index (χ1v) is 9.88. The van der Waals surface area contributed by atoms with Crippen molar-refractivity contribution < 1.29 is 19.0 Å². The highest BCUT2D eigenvalue weighted by atomic mass is 16.7. The van der Waals surface area contributed by atoms with Gasteiger partial charge >= 0.3 is 6.03 Å². The molecule has 28 heavy (non-hydrogen) atoms. The first kappa shape index (κ1) is 18.5. The number of hydrogen-bond donors (Lipinski definition) is 1. The Balaban J connectivity index is 1.26. The van der Waals surface area contributed by atoms with Gasteiger partial charge < -0.3 is 24.4 Å². The Labute approximate surface area is 165 Å². The number of amides is 2. The van der Waals surface area contributed by atoms with Crippen LogP contribution in [0.2, 0.25) is 0 Å². The highest BCUT2D eigenvalue weighted by molar-refractivity contribution is 5.89. The van der Waals surface area contributed by atoms with E-state index in [-0.39, 0.29) is 6.03 Å². The third kappa shape index (κ3) is 4.32. The predicted molar refractivity (Wildman–Crippen MR) is 107 cm³/mol. The van der Waals surface area contributed by atoms with Gasteiger partial charge in [0.2, 0.25) is 6.79 Å². The molecule has 0 radical (unpaired) electrons. The minimum absolute atomic E-state index is 0.0364. The van der Waals surface area contributed by atoms with Crippen molar-refractivity contribution in [2.24, 2.45) is 5.92 Å². The molecule has 2 aromatic rings. The zero-order chi connectivity index (χ0) is 19.3. The Morgan fingerprint density at radius 1 is 1.11 bits per heavy atom. The van der Waals surface area contributed by atoms with E-state index in [4.69, 9.17) is 14.2 Å². The third-order valence-electron chi connectivity index (χ3n) is 5.28. The molecule has 6 nitrogen and oxygen atoms in total. The number of carbonyl (C=O) groups is 1. The lowest BCUT2D eigenvalue weighted by molar-refractivity contribution is 0.174. The first-order chi connectivity index (χ1) is 13.7. The van der Waals surface area contributed by atoms with E-state index in [1.54, 1.807) is 0 Å². The maximum atomic E-state index is 12.5. The minimum atomic E-state index is -0.0364. The largest absolute Gasteiger partial charge is 0.494 e. The van der Waals surface area contributed by atoms with Gasteiger partial charge in [-0.25, -0.2) is 4.79 Å². The van der Waals surface area contributed by atoms with Crippen molar-refractivity contribution in [2.45, 2.75) is 26.2 Å². The van der Waals surface area contributed by atoms with Crippen LogP contribution in [0.4, 0.5) is 10.5 Å². The number of carbonyl (C=O) groups excluding carboxylic acids is 1. The van der Waals surface area contributed by atoms with Gasteiger partial charge in [0.15, 0.2) is 11.5 Å². The summed E-state index contributed by atoms with van der Waals surface area (Å²) in [6.07, 6.45) is 3.02. The van der Waals surface area contributed by atoms with Gasteiger partial charge in [0.05, 0.1) is 6.61 Å². The van der Waals surface area contributed by atoms with Gasteiger partial charge in [-0.1, -0.05) is 6.07 Å². The van der Waals surface area contributed by atoms with E-state index in [0.717, 1.165) is 55.3 Å². The summed E-state index contributed by atoms with van der Waals surface area (Å²) >= 11 is 0. The van der Waals surface area contributed by atoms with E-state index in [2.05, 4.69) is 17.4 Å². The number of benzene rings is 2. The van der Waals surface area contributed by atoms with E-state index >= 15 is 0 Å². The fraction of sp³-hybridized carbons (Fsp3) is 0.409. The molecule has 2 aliphatic rings. The van der Waals surface area contributed by atoms with Crippen LogP contribution >= 0.6 is 0 Å². The standard InChI is InChI=1S/C22H26N2O4/c1-2-26-19-6-4-18(5-7-19)23-22(25)24-11-9-16(10-12-24)13-17-3-8-20-21(14-17)28-15-27-20/h3-8,14,16H,2,9-13,15H2,1H3,(H,23,25). The van der Waals surface area contributed by atoms with Gasteiger partial charge in [-0.15, -0.1) is 0 Å². The van der Waals surface area contributed by atoms with Crippen molar-refractivity contribution in [3.05, 3.63) is 48.0 Å². The topological polar surface area (TPSA) is 60.0 Å². The number of likely N-dealkylation sites (tertiary alicyclic amines) is 1. The summed E-state index contributed by atoms with van der Waals surface area (Å²) in [7, 11) is 0. The Hall–Kier alpha value is -2.89. The number of ether oxygens (including phenoxy) is 3. The number of anilines is 1. The van der Waals surface area contributed by atoms with Crippen LogP contribution < -0.4 is 19.5 Å². The van der Waals surface area contributed by atoms with Gasteiger partial charge in [-0.3, -0.25) is 0 Å². The molecule has 0 unspecified atom stereocenters. The lowest BCUT2D eigenvalue weighted by Crippen LogP contribution is -2.41. The van der Waals surface area contributed by atoms with E-state index in [1.807, 2.05) is 42.2 Å². The van der Waals surface area contributed by atoms with Gasteiger partial charge in [0, 0.05) is 18.8 Å². The Kier molecular flexibility index (Phi) is 5.55. The minimum Gasteiger partial charge on any atom is -0.494 e. The van der Waals surface area contributed by atoms with Gasteiger partial charge in [0.1, 0.15) is 5.75 Å². The van der Waals surface area contributed by atoms with Crippen molar-refractivity contribution in [3.8, 4) is 17.2 Å².